The number of para-hydroxylation sites is 1. The Morgan fingerprint density at radius 2 is 1.68 bits per heavy atom. The second kappa shape index (κ2) is 11.1. The van der Waals surface area contributed by atoms with E-state index in [9.17, 15) is 0 Å². The highest BCUT2D eigenvalue weighted by molar-refractivity contribution is 5.90. The van der Waals surface area contributed by atoms with Crippen LogP contribution in [0.4, 0.5) is 11.8 Å². The van der Waals surface area contributed by atoms with Crippen molar-refractivity contribution in [3.8, 4) is 0 Å². The molecule has 170 valence electrons. The SMILES string of the molecule is CCC(CC)CN1CCCC[C@H](Nc2nc(N3CCCCCC3)c3ccccc3n2)C1. The first-order valence-electron chi connectivity index (χ1n) is 12.8. The Morgan fingerprint density at radius 1 is 0.935 bits per heavy atom. The van der Waals surface area contributed by atoms with Crippen molar-refractivity contribution in [2.24, 2.45) is 5.92 Å². The molecule has 5 heteroatoms. The van der Waals surface area contributed by atoms with E-state index in [1.807, 2.05) is 0 Å². The quantitative estimate of drug-likeness (QED) is 0.618. The second-order valence-corrected chi connectivity index (χ2v) is 9.57. The lowest BCUT2D eigenvalue weighted by Gasteiger charge is -2.28. The number of hydrogen-bond donors (Lipinski definition) is 1. The molecular weight excluding hydrogens is 382 g/mol. The Kier molecular flexibility index (Phi) is 8.01. The first-order chi connectivity index (χ1) is 15.3. The molecule has 2 aliphatic rings. The second-order valence-electron chi connectivity index (χ2n) is 9.57. The number of benzene rings is 1. The van der Waals surface area contributed by atoms with Crippen LogP contribution in [0.5, 0.6) is 0 Å². The van der Waals surface area contributed by atoms with E-state index in [1.165, 1.54) is 76.3 Å². The van der Waals surface area contributed by atoms with E-state index >= 15 is 0 Å². The fourth-order valence-corrected chi connectivity index (χ4v) is 5.25. The van der Waals surface area contributed by atoms with Gasteiger partial charge in [-0.2, -0.15) is 4.98 Å². The van der Waals surface area contributed by atoms with Crippen molar-refractivity contribution >= 4 is 22.7 Å². The smallest absolute Gasteiger partial charge is 0.225 e. The molecule has 2 fully saturated rings. The summed E-state index contributed by atoms with van der Waals surface area (Å²) in [4.78, 5) is 15.2. The summed E-state index contributed by atoms with van der Waals surface area (Å²) >= 11 is 0. The molecule has 1 aromatic heterocycles. The van der Waals surface area contributed by atoms with Gasteiger partial charge < -0.3 is 15.1 Å². The number of nitrogens with zero attached hydrogens (tertiary/aromatic N) is 4. The number of nitrogens with one attached hydrogen (secondary N) is 1. The highest BCUT2D eigenvalue weighted by Crippen LogP contribution is 2.28. The standard InChI is InChI=1S/C26H41N5/c1-3-21(4-2)19-30-16-12-9-13-22(20-30)27-26-28-24-15-8-7-14-23(24)25(29-26)31-17-10-5-6-11-18-31/h7-8,14-15,21-22H,3-6,9-13,16-20H2,1-2H3,(H,27,28,29)/t22-/m0/s1. The molecule has 1 atom stereocenters. The van der Waals surface area contributed by atoms with E-state index in [0.717, 1.165) is 42.8 Å². The fourth-order valence-electron chi connectivity index (χ4n) is 5.25. The van der Waals surface area contributed by atoms with E-state index in [2.05, 4.69) is 53.2 Å². The summed E-state index contributed by atoms with van der Waals surface area (Å²) < 4.78 is 0. The summed E-state index contributed by atoms with van der Waals surface area (Å²) in [5.41, 5.74) is 1.06. The molecule has 1 N–H and O–H groups in total. The van der Waals surface area contributed by atoms with Gasteiger partial charge in [0.15, 0.2) is 0 Å². The van der Waals surface area contributed by atoms with E-state index in [0.29, 0.717) is 6.04 Å². The average Bonchev–Trinajstić information content (AvgIpc) is 3.20. The molecule has 2 aromatic rings. The van der Waals surface area contributed by atoms with Crippen molar-refractivity contribution in [3.63, 3.8) is 0 Å². The van der Waals surface area contributed by atoms with Crippen LogP contribution >= 0.6 is 0 Å². The van der Waals surface area contributed by atoms with Gasteiger partial charge in [-0.15, -0.1) is 0 Å². The highest BCUT2D eigenvalue weighted by atomic mass is 15.2. The minimum atomic E-state index is 0.426. The molecule has 2 aliphatic heterocycles. The molecule has 0 aliphatic carbocycles. The Morgan fingerprint density at radius 3 is 2.45 bits per heavy atom. The molecule has 0 amide bonds. The van der Waals surface area contributed by atoms with Gasteiger partial charge in [0.1, 0.15) is 5.82 Å². The maximum atomic E-state index is 5.09. The Labute approximate surface area is 188 Å². The molecule has 1 aromatic carbocycles. The molecule has 2 saturated heterocycles. The summed E-state index contributed by atoms with van der Waals surface area (Å²) in [6.07, 6.45) is 11.5. The van der Waals surface area contributed by atoms with Crippen LogP contribution in [-0.4, -0.2) is 53.6 Å². The van der Waals surface area contributed by atoms with Gasteiger partial charge in [-0.25, -0.2) is 4.98 Å². The summed E-state index contributed by atoms with van der Waals surface area (Å²) in [7, 11) is 0. The number of fused-ring (bicyclic) bond motifs is 1. The van der Waals surface area contributed by atoms with Gasteiger partial charge in [0.25, 0.3) is 0 Å². The van der Waals surface area contributed by atoms with E-state index in [1.54, 1.807) is 0 Å². The average molecular weight is 424 g/mol. The van der Waals surface area contributed by atoms with E-state index in [4.69, 9.17) is 9.97 Å². The summed E-state index contributed by atoms with van der Waals surface area (Å²) in [6, 6.07) is 8.95. The van der Waals surface area contributed by atoms with Gasteiger partial charge in [0.05, 0.1) is 5.52 Å². The van der Waals surface area contributed by atoms with Crippen LogP contribution in [0.3, 0.4) is 0 Å². The summed E-state index contributed by atoms with van der Waals surface area (Å²) in [6.45, 7) is 10.4. The van der Waals surface area contributed by atoms with E-state index < -0.39 is 0 Å². The lowest BCUT2D eigenvalue weighted by Crippen LogP contribution is -2.38. The van der Waals surface area contributed by atoms with Crippen LogP contribution in [0.1, 0.15) is 71.6 Å². The third-order valence-corrected chi connectivity index (χ3v) is 7.25. The number of anilines is 2. The van der Waals surface area contributed by atoms with Crippen LogP contribution < -0.4 is 10.2 Å². The lowest BCUT2D eigenvalue weighted by atomic mass is 10.0. The normalized spacial score (nSPS) is 21.3. The minimum absolute atomic E-state index is 0.426. The topological polar surface area (TPSA) is 44.3 Å². The van der Waals surface area contributed by atoms with Crippen molar-refractivity contribution in [2.75, 3.05) is 42.9 Å². The predicted molar refractivity (Wildman–Crippen MR) is 132 cm³/mol. The zero-order valence-corrected chi connectivity index (χ0v) is 19.7. The fraction of sp³-hybridized carbons (Fsp3) is 0.692. The van der Waals surface area contributed by atoms with Crippen molar-refractivity contribution in [1.29, 1.82) is 0 Å². The van der Waals surface area contributed by atoms with Crippen LogP contribution in [0.25, 0.3) is 10.9 Å². The monoisotopic (exact) mass is 423 g/mol. The van der Waals surface area contributed by atoms with Crippen LogP contribution in [0.2, 0.25) is 0 Å². The molecule has 0 spiro atoms. The van der Waals surface area contributed by atoms with Crippen molar-refractivity contribution in [2.45, 2.75) is 77.7 Å². The van der Waals surface area contributed by atoms with Crippen LogP contribution in [0, 0.1) is 5.92 Å². The van der Waals surface area contributed by atoms with Gasteiger partial charge in [-0.3, -0.25) is 0 Å². The van der Waals surface area contributed by atoms with Crippen LogP contribution in [-0.2, 0) is 0 Å². The number of likely N-dealkylation sites (tertiary alicyclic amines) is 1. The molecule has 0 bridgehead atoms. The third-order valence-electron chi connectivity index (χ3n) is 7.25. The van der Waals surface area contributed by atoms with Crippen molar-refractivity contribution in [1.82, 2.24) is 14.9 Å². The minimum Gasteiger partial charge on any atom is -0.356 e. The zero-order valence-electron chi connectivity index (χ0n) is 19.7. The third kappa shape index (κ3) is 5.88. The Hall–Kier alpha value is -1.88. The Balaban J connectivity index is 1.54. The van der Waals surface area contributed by atoms with E-state index in [-0.39, 0.29) is 0 Å². The Bertz CT molecular complexity index is 811. The van der Waals surface area contributed by atoms with Crippen molar-refractivity contribution in [3.05, 3.63) is 24.3 Å². The first-order valence-corrected chi connectivity index (χ1v) is 12.8. The molecule has 4 rings (SSSR count). The first kappa shape index (κ1) is 22.3. The van der Waals surface area contributed by atoms with Gasteiger partial charge in [-0.05, 0) is 50.3 Å². The maximum Gasteiger partial charge on any atom is 0.225 e. The highest BCUT2D eigenvalue weighted by Gasteiger charge is 2.22. The predicted octanol–water partition coefficient (Wildman–Crippen LogP) is 5.71. The molecule has 5 nitrogen and oxygen atoms in total. The molecule has 0 radical (unpaired) electrons. The van der Waals surface area contributed by atoms with Crippen molar-refractivity contribution < 1.29 is 0 Å². The number of hydrogen-bond acceptors (Lipinski definition) is 5. The molecule has 3 heterocycles. The maximum absolute atomic E-state index is 5.09. The zero-order chi connectivity index (χ0) is 21.5. The summed E-state index contributed by atoms with van der Waals surface area (Å²) in [5, 5.41) is 4.94. The molecule has 31 heavy (non-hydrogen) atoms. The molecule has 0 unspecified atom stereocenters. The van der Waals surface area contributed by atoms with Crippen LogP contribution in [0.15, 0.2) is 24.3 Å². The largest absolute Gasteiger partial charge is 0.356 e. The number of rotatable bonds is 7. The molecular formula is C26H41N5. The molecule has 0 saturated carbocycles. The number of aromatic nitrogens is 2. The summed E-state index contributed by atoms with van der Waals surface area (Å²) in [5.74, 6) is 2.75. The van der Waals surface area contributed by atoms with Gasteiger partial charge in [0, 0.05) is 37.6 Å². The van der Waals surface area contributed by atoms with Gasteiger partial charge in [0.2, 0.25) is 5.95 Å². The van der Waals surface area contributed by atoms with Gasteiger partial charge >= 0.3 is 0 Å². The van der Waals surface area contributed by atoms with Gasteiger partial charge in [-0.1, -0.05) is 58.1 Å². The lowest BCUT2D eigenvalue weighted by molar-refractivity contribution is 0.226.